The highest BCUT2D eigenvalue weighted by Gasteiger charge is 2.26. The zero-order valence-corrected chi connectivity index (χ0v) is 18.6. The van der Waals surface area contributed by atoms with Gasteiger partial charge in [-0.2, -0.15) is 8.75 Å². The van der Waals surface area contributed by atoms with E-state index in [9.17, 15) is 4.79 Å². The molecule has 2 aromatic carbocycles. The van der Waals surface area contributed by atoms with Gasteiger partial charge in [0.25, 0.3) is 0 Å². The highest BCUT2D eigenvalue weighted by molar-refractivity contribution is 7.00. The van der Waals surface area contributed by atoms with Crippen molar-refractivity contribution in [2.45, 2.75) is 46.0 Å². The zero-order valence-electron chi connectivity index (χ0n) is 17.8. The van der Waals surface area contributed by atoms with Crippen LogP contribution in [0.15, 0.2) is 36.4 Å². The fourth-order valence-corrected chi connectivity index (χ4v) is 4.16. The molecule has 4 rings (SSSR count). The van der Waals surface area contributed by atoms with Crippen LogP contribution in [0.3, 0.4) is 0 Å². The number of fused-ring (bicyclic) bond motifs is 1. The van der Waals surface area contributed by atoms with Crippen LogP contribution < -0.4 is 4.74 Å². The van der Waals surface area contributed by atoms with Crippen LogP contribution in [0.25, 0.3) is 22.2 Å². The molecule has 0 bridgehead atoms. The Kier molecular flexibility index (Phi) is 6.32. The molecule has 1 saturated carbocycles. The van der Waals surface area contributed by atoms with Gasteiger partial charge >= 0.3 is 5.97 Å². The Labute approximate surface area is 181 Å². The first-order chi connectivity index (χ1) is 14.5. The molecule has 0 saturated heterocycles. The lowest BCUT2D eigenvalue weighted by Gasteiger charge is -2.20. The molecule has 1 unspecified atom stereocenters. The molecule has 1 atom stereocenters. The van der Waals surface area contributed by atoms with Crippen LogP contribution in [0.4, 0.5) is 0 Å². The average Bonchev–Trinajstić information content (AvgIpc) is 3.45. The molecule has 6 heteroatoms. The van der Waals surface area contributed by atoms with Gasteiger partial charge in [-0.05, 0) is 73.4 Å². The maximum Gasteiger partial charge on any atom is 0.313 e. The number of benzene rings is 2. The summed E-state index contributed by atoms with van der Waals surface area (Å²) < 4.78 is 20.3. The molecule has 1 aromatic heterocycles. The summed E-state index contributed by atoms with van der Waals surface area (Å²) in [5.74, 6) is 1.44. The molecule has 0 radical (unpaired) electrons. The van der Waals surface area contributed by atoms with Gasteiger partial charge in [0.05, 0.1) is 30.9 Å². The molecule has 0 spiro atoms. The SMILES string of the molecule is CCOC(=O)C(CC(C)C)c1ccc(OCC2CC2)c(-c2ccc3nsnc3c2)c1. The van der Waals surface area contributed by atoms with Gasteiger partial charge in [0.1, 0.15) is 16.8 Å². The van der Waals surface area contributed by atoms with Crippen molar-refractivity contribution in [1.82, 2.24) is 8.75 Å². The summed E-state index contributed by atoms with van der Waals surface area (Å²) in [6, 6.07) is 12.2. The summed E-state index contributed by atoms with van der Waals surface area (Å²) in [7, 11) is 0. The van der Waals surface area contributed by atoms with Gasteiger partial charge < -0.3 is 9.47 Å². The van der Waals surface area contributed by atoms with Crippen molar-refractivity contribution in [3.8, 4) is 16.9 Å². The number of aromatic nitrogens is 2. The number of hydrogen-bond acceptors (Lipinski definition) is 6. The normalized spacial score (nSPS) is 14.8. The van der Waals surface area contributed by atoms with Crippen LogP contribution in [-0.2, 0) is 9.53 Å². The van der Waals surface area contributed by atoms with Crippen molar-refractivity contribution in [2.75, 3.05) is 13.2 Å². The van der Waals surface area contributed by atoms with E-state index in [0.29, 0.717) is 18.4 Å². The lowest BCUT2D eigenvalue weighted by molar-refractivity contribution is -0.145. The summed E-state index contributed by atoms with van der Waals surface area (Å²) in [6.45, 7) is 7.23. The lowest BCUT2D eigenvalue weighted by atomic mass is 9.88. The van der Waals surface area contributed by atoms with Gasteiger partial charge in [-0.1, -0.05) is 26.0 Å². The molecular formula is C24H28N2O3S. The fraction of sp³-hybridized carbons (Fsp3) is 0.458. The predicted octanol–water partition coefficient (Wildman–Crippen LogP) is 5.84. The molecule has 1 aliphatic carbocycles. The molecule has 5 nitrogen and oxygen atoms in total. The summed E-state index contributed by atoms with van der Waals surface area (Å²) in [5.41, 5.74) is 4.74. The smallest absolute Gasteiger partial charge is 0.313 e. The van der Waals surface area contributed by atoms with Gasteiger partial charge in [-0.15, -0.1) is 0 Å². The van der Waals surface area contributed by atoms with E-state index in [4.69, 9.17) is 9.47 Å². The fourth-order valence-electron chi connectivity index (χ4n) is 3.64. The van der Waals surface area contributed by atoms with Crippen LogP contribution in [0.2, 0.25) is 0 Å². The van der Waals surface area contributed by atoms with Crippen molar-refractivity contribution in [2.24, 2.45) is 11.8 Å². The monoisotopic (exact) mass is 424 g/mol. The molecule has 1 aliphatic rings. The maximum atomic E-state index is 12.7. The quantitative estimate of drug-likeness (QED) is 0.404. The van der Waals surface area contributed by atoms with Crippen molar-refractivity contribution >= 4 is 28.7 Å². The average molecular weight is 425 g/mol. The predicted molar refractivity (Wildman–Crippen MR) is 120 cm³/mol. The van der Waals surface area contributed by atoms with Crippen molar-refractivity contribution in [1.29, 1.82) is 0 Å². The van der Waals surface area contributed by atoms with E-state index < -0.39 is 0 Å². The highest BCUT2D eigenvalue weighted by atomic mass is 32.1. The Balaban J connectivity index is 1.74. The molecule has 1 heterocycles. The van der Waals surface area contributed by atoms with Gasteiger partial charge in [0, 0.05) is 5.56 Å². The molecule has 158 valence electrons. The minimum Gasteiger partial charge on any atom is -0.493 e. The second-order valence-corrected chi connectivity index (χ2v) is 8.94. The Morgan fingerprint density at radius 3 is 2.67 bits per heavy atom. The van der Waals surface area contributed by atoms with Gasteiger partial charge in [-0.25, -0.2) is 0 Å². The number of nitrogens with zero attached hydrogens (tertiary/aromatic N) is 2. The van der Waals surface area contributed by atoms with E-state index in [-0.39, 0.29) is 11.9 Å². The topological polar surface area (TPSA) is 61.3 Å². The number of esters is 1. The van der Waals surface area contributed by atoms with E-state index in [2.05, 4.69) is 34.7 Å². The minimum atomic E-state index is -0.286. The van der Waals surface area contributed by atoms with E-state index >= 15 is 0 Å². The van der Waals surface area contributed by atoms with Crippen LogP contribution >= 0.6 is 11.7 Å². The van der Waals surface area contributed by atoms with Crippen LogP contribution in [0.1, 0.15) is 51.5 Å². The second-order valence-electron chi connectivity index (χ2n) is 8.41. The third-order valence-electron chi connectivity index (χ3n) is 5.42. The zero-order chi connectivity index (χ0) is 21.1. The van der Waals surface area contributed by atoms with E-state index in [1.165, 1.54) is 24.6 Å². The van der Waals surface area contributed by atoms with Crippen molar-refractivity contribution in [3.63, 3.8) is 0 Å². The summed E-state index contributed by atoms with van der Waals surface area (Å²) in [5, 5.41) is 0. The molecule has 0 N–H and O–H groups in total. The van der Waals surface area contributed by atoms with E-state index in [1.54, 1.807) is 0 Å². The third kappa shape index (κ3) is 4.81. The number of hydrogen-bond donors (Lipinski definition) is 0. The maximum absolute atomic E-state index is 12.7. The summed E-state index contributed by atoms with van der Waals surface area (Å²) in [4.78, 5) is 12.7. The van der Waals surface area contributed by atoms with Crippen molar-refractivity contribution in [3.05, 3.63) is 42.0 Å². The molecule has 30 heavy (non-hydrogen) atoms. The van der Waals surface area contributed by atoms with E-state index in [0.717, 1.165) is 46.5 Å². The number of ether oxygens (including phenoxy) is 2. The molecule has 0 aliphatic heterocycles. The lowest BCUT2D eigenvalue weighted by Crippen LogP contribution is -2.18. The molecule has 1 fully saturated rings. The third-order valence-corrected chi connectivity index (χ3v) is 5.98. The standard InChI is InChI=1S/C24H28N2O3S/c1-4-28-24(27)20(11-15(2)3)17-8-10-23(29-14-16-5-6-16)19(12-17)18-7-9-21-22(13-18)26-30-25-21/h7-10,12-13,15-16,20H,4-6,11,14H2,1-3H3. The van der Waals surface area contributed by atoms with Crippen LogP contribution in [-0.4, -0.2) is 27.9 Å². The summed E-state index contributed by atoms with van der Waals surface area (Å²) in [6.07, 6.45) is 3.22. The molecule has 3 aromatic rings. The van der Waals surface area contributed by atoms with Gasteiger partial charge in [-0.3, -0.25) is 4.79 Å². The first-order valence-corrected chi connectivity index (χ1v) is 11.4. The highest BCUT2D eigenvalue weighted by Crippen LogP contribution is 2.38. The van der Waals surface area contributed by atoms with Crippen molar-refractivity contribution < 1.29 is 14.3 Å². The Bertz CT molecular complexity index is 1030. The molecule has 0 amide bonds. The largest absolute Gasteiger partial charge is 0.493 e. The Hall–Kier alpha value is -2.47. The Morgan fingerprint density at radius 2 is 1.93 bits per heavy atom. The minimum absolute atomic E-state index is 0.164. The van der Waals surface area contributed by atoms with E-state index in [1.807, 2.05) is 31.2 Å². The Morgan fingerprint density at radius 1 is 1.13 bits per heavy atom. The first kappa shape index (κ1) is 20.8. The number of carbonyl (C=O) groups excluding carboxylic acids is 1. The second kappa shape index (κ2) is 9.13. The van der Waals surface area contributed by atoms with Crippen LogP contribution in [0.5, 0.6) is 5.75 Å². The van der Waals surface area contributed by atoms with Gasteiger partial charge in [0.2, 0.25) is 0 Å². The summed E-state index contributed by atoms with van der Waals surface area (Å²) >= 11 is 1.22. The first-order valence-electron chi connectivity index (χ1n) is 10.7. The molecular weight excluding hydrogens is 396 g/mol. The number of carbonyl (C=O) groups is 1. The van der Waals surface area contributed by atoms with Gasteiger partial charge in [0.15, 0.2) is 0 Å². The number of rotatable bonds is 9. The van der Waals surface area contributed by atoms with Crippen LogP contribution in [0, 0.1) is 11.8 Å².